The summed E-state index contributed by atoms with van der Waals surface area (Å²) in [5.74, 6) is -0.491. The van der Waals surface area contributed by atoms with E-state index in [0.717, 1.165) is 0 Å². The van der Waals surface area contributed by atoms with Gasteiger partial charge in [0.25, 0.3) is 5.91 Å². The van der Waals surface area contributed by atoms with E-state index in [9.17, 15) is 21.6 Å². The summed E-state index contributed by atoms with van der Waals surface area (Å²) >= 11 is 6.23. The van der Waals surface area contributed by atoms with Crippen LogP contribution in [-0.4, -0.2) is 63.9 Å². The van der Waals surface area contributed by atoms with E-state index in [-0.39, 0.29) is 36.1 Å². The zero-order chi connectivity index (χ0) is 23.5. The smallest absolute Gasteiger partial charge is 0.253 e. The van der Waals surface area contributed by atoms with Gasteiger partial charge in [0.15, 0.2) is 9.84 Å². The quantitative estimate of drug-likeness (QED) is 0.608. The molecule has 2 aromatic carbocycles. The van der Waals surface area contributed by atoms with Crippen molar-refractivity contribution in [3.63, 3.8) is 0 Å². The molecular formula is C22H27ClN2O5S2. The van der Waals surface area contributed by atoms with Gasteiger partial charge < -0.3 is 4.90 Å². The molecule has 0 radical (unpaired) electrons. The van der Waals surface area contributed by atoms with Crippen molar-refractivity contribution in [1.82, 2.24) is 9.21 Å². The fraction of sp³-hybridized carbons (Fsp3) is 0.409. The second-order valence-corrected chi connectivity index (χ2v) is 12.2. The summed E-state index contributed by atoms with van der Waals surface area (Å²) in [7, 11) is -7.10. The summed E-state index contributed by atoms with van der Waals surface area (Å²) < 4.78 is 52.4. The summed E-state index contributed by atoms with van der Waals surface area (Å²) in [4.78, 5) is 14.6. The number of benzene rings is 2. The van der Waals surface area contributed by atoms with Crippen molar-refractivity contribution in [3.8, 4) is 0 Å². The Balaban J connectivity index is 1.80. The first-order chi connectivity index (χ1) is 15.1. The maximum atomic E-state index is 13.0. The third-order valence-electron chi connectivity index (χ3n) is 5.72. The first kappa shape index (κ1) is 24.7. The van der Waals surface area contributed by atoms with Gasteiger partial charge in [0.1, 0.15) is 0 Å². The van der Waals surface area contributed by atoms with Crippen LogP contribution in [0.5, 0.6) is 0 Å². The molecule has 0 N–H and O–H groups in total. The lowest BCUT2D eigenvalue weighted by Crippen LogP contribution is -2.33. The number of hydrogen-bond acceptors (Lipinski definition) is 5. The van der Waals surface area contributed by atoms with E-state index in [4.69, 9.17) is 11.6 Å². The molecule has 7 nitrogen and oxygen atoms in total. The van der Waals surface area contributed by atoms with Crippen molar-refractivity contribution in [1.29, 1.82) is 0 Å². The van der Waals surface area contributed by atoms with Gasteiger partial charge in [-0.15, -0.1) is 0 Å². The van der Waals surface area contributed by atoms with Crippen LogP contribution in [-0.2, 0) is 19.9 Å². The van der Waals surface area contributed by atoms with Crippen LogP contribution in [0.1, 0.15) is 41.4 Å². The van der Waals surface area contributed by atoms with Crippen LogP contribution in [0, 0.1) is 0 Å². The van der Waals surface area contributed by atoms with Crippen LogP contribution in [0.25, 0.3) is 0 Å². The van der Waals surface area contributed by atoms with Gasteiger partial charge in [-0.2, -0.15) is 4.31 Å². The third kappa shape index (κ3) is 5.01. The van der Waals surface area contributed by atoms with Crippen LogP contribution < -0.4 is 0 Å². The standard InChI is InChI=1S/C22H27ClN2O5S2/c1-3-25(4-2)32(29,30)18-11-9-17(10-12-18)22(26)24-14-13-21(31(27,28)16-15-24)19-7-5-6-8-20(19)23/h5-12,21H,3-4,13-16H2,1-2H3. The minimum Gasteiger partial charge on any atom is -0.338 e. The van der Waals surface area contributed by atoms with Crippen molar-refractivity contribution in [2.45, 2.75) is 30.4 Å². The van der Waals surface area contributed by atoms with Gasteiger partial charge in [-0.05, 0) is 42.3 Å². The van der Waals surface area contributed by atoms with Gasteiger partial charge in [-0.25, -0.2) is 16.8 Å². The first-order valence-electron chi connectivity index (χ1n) is 10.5. The maximum absolute atomic E-state index is 13.0. The molecule has 1 unspecified atom stereocenters. The summed E-state index contributed by atoms with van der Waals surface area (Å²) in [5, 5.41) is -0.374. The topological polar surface area (TPSA) is 91.8 Å². The number of sulfonamides is 1. The van der Waals surface area contributed by atoms with Crippen LogP contribution >= 0.6 is 11.6 Å². The van der Waals surface area contributed by atoms with E-state index in [1.165, 1.54) is 33.5 Å². The maximum Gasteiger partial charge on any atom is 0.253 e. The molecule has 0 aromatic heterocycles. The number of carbonyl (C=O) groups excluding carboxylic acids is 1. The average Bonchev–Trinajstić information content (AvgIpc) is 2.92. The predicted octanol–water partition coefficient (Wildman–Crippen LogP) is 3.37. The molecule has 0 saturated carbocycles. The summed E-state index contributed by atoms with van der Waals surface area (Å²) in [6, 6.07) is 12.6. The zero-order valence-corrected chi connectivity index (χ0v) is 20.5. The van der Waals surface area contributed by atoms with E-state index in [1.807, 2.05) is 0 Å². The fourth-order valence-corrected chi connectivity index (χ4v) is 7.50. The summed E-state index contributed by atoms with van der Waals surface area (Å²) in [6.07, 6.45) is 0.242. The molecule has 1 fully saturated rings. The molecule has 0 spiro atoms. The SMILES string of the molecule is CCN(CC)S(=O)(=O)c1ccc(C(=O)N2CCC(c3ccccc3Cl)S(=O)(=O)CC2)cc1. The zero-order valence-electron chi connectivity index (χ0n) is 18.1. The van der Waals surface area contributed by atoms with Gasteiger partial charge in [-0.1, -0.05) is 43.6 Å². The number of sulfone groups is 1. The number of carbonyl (C=O) groups is 1. The molecule has 174 valence electrons. The highest BCUT2D eigenvalue weighted by Gasteiger charge is 2.34. The molecule has 1 aliphatic rings. The number of hydrogen-bond donors (Lipinski definition) is 0. The van der Waals surface area contributed by atoms with Crippen LogP contribution in [0.4, 0.5) is 0 Å². The van der Waals surface area contributed by atoms with Gasteiger partial charge in [0.2, 0.25) is 10.0 Å². The van der Waals surface area contributed by atoms with Gasteiger partial charge >= 0.3 is 0 Å². The lowest BCUT2D eigenvalue weighted by Gasteiger charge is -2.21. The third-order valence-corrected chi connectivity index (χ3v) is 10.2. The second kappa shape index (κ2) is 9.91. The summed E-state index contributed by atoms with van der Waals surface area (Å²) in [6.45, 7) is 4.57. The van der Waals surface area contributed by atoms with Crippen molar-refractivity contribution >= 4 is 37.4 Å². The fourth-order valence-electron chi connectivity index (χ4n) is 3.90. The molecule has 10 heteroatoms. The number of halogens is 1. The Bertz CT molecular complexity index is 1180. The van der Waals surface area contributed by atoms with E-state index < -0.39 is 25.1 Å². The highest BCUT2D eigenvalue weighted by Crippen LogP contribution is 2.34. The van der Waals surface area contributed by atoms with Crippen LogP contribution in [0.2, 0.25) is 5.02 Å². The lowest BCUT2D eigenvalue weighted by molar-refractivity contribution is 0.0766. The minimum absolute atomic E-state index is 0.0710. The van der Waals surface area contributed by atoms with Crippen molar-refractivity contribution in [2.24, 2.45) is 0 Å². The van der Waals surface area contributed by atoms with E-state index in [1.54, 1.807) is 38.1 Å². The monoisotopic (exact) mass is 498 g/mol. The Labute approximate surface area is 195 Å². The number of rotatable bonds is 6. The Morgan fingerprint density at radius 1 is 1.06 bits per heavy atom. The van der Waals surface area contributed by atoms with Crippen LogP contribution in [0.15, 0.2) is 53.4 Å². The Kier molecular flexibility index (Phi) is 7.65. The van der Waals surface area contributed by atoms with Gasteiger partial charge in [0.05, 0.1) is 15.9 Å². The lowest BCUT2D eigenvalue weighted by atomic mass is 10.1. The number of amides is 1. The van der Waals surface area contributed by atoms with Crippen LogP contribution in [0.3, 0.4) is 0 Å². The van der Waals surface area contributed by atoms with E-state index >= 15 is 0 Å². The molecule has 0 bridgehead atoms. The molecule has 1 aliphatic heterocycles. The minimum atomic E-state index is -3.62. The molecule has 1 atom stereocenters. The molecule has 1 saturated heterocycles. The Morgan fingerprint density at radius 2 is 1.69 bits per heavy atom. The Morgan fingerprint density at radius 3 is 2.28 bits per heavy atom. The molecule has 3 rings (SSSR count). The van der Waals surface area contributed by atoms with Crippen molar-refractivity contribution in [3.05, 3.63) is 64.7 Å². The molecule has 1 heterocycles. The molecule has 2 aromatic rings. The van der Waals surface area contributed by atoms with Crippen molar-refractivity contribution in [2.75, 3.05) is 31.9 Å². The van der Waals surface area contributed by atoms with Gasteiger partial charge in [-0.3, -0.25) is 4.79 Å². The molecule has 0 aliphatic carbocycles. The molecule has 1 amide bonds. The first-order valence-corrected chi connectivity index (χ1v) is 14.0. The number of nitrogens with zero attached hydrogens (tertiary/aromatic N) is 2. The van der Waals surface area contributed by atoms with E-state index in [2.05, 4.69) is 0 Å². The second-order valence-electron chi connectivity index (χ2n) is 7.57. The average molecular weight is 499 g/mol. The predicted molar refractivity (Wildman–Crippen MR) is 125 cm³/mol. The highest BCUT2D eigenvalue weighted by atomic mass is 35.5. The molecule has 32 heavy (non-hydrogen) atoms. The van der Waals surface area contributed by atoms with E-state index in [0.29, 0.717) is 29.2 Å². The summed E-state index contributed by atoms with van der Waals surface area (Å²) in [5.41, 5.74) is 0.867. The van der Waals surface area contributed by atoms with Crippen molar-refractivity contribution < 1.29 is 21.6 Å². The normalized spacial score (nSPS) is 19.0. The molecular weight excluding hydrogens is 472 g/mol. The highest BCUT2D eigenvalue weighted by molar-refractivity contribution is 7.91. The Hall–Kier alpha value is -1.94. The van der Waals surface area contributed by atoms with Gasteiger partial charge in [0, 0.05) is 36.8 Å². The largest absolute Gasteiger partial charge is 0.338 e.